The van der Waals surface area contributed by atoms with Crippen LogP contribution in [-0.4, -0.2) is 23.1 Å². The zero-order valence-corrected chi connectivity index (χ0v) is 11.2. The van der Waals surface area contributed by atoms with Crippen LogP contribution in [0.4, 0.5) is 0 Å². The summed E-state index contributed by atoms with van der Waals surface area (Å²) in [7, 11) is 0. The summed E-state index contributed by atoms with van der Waals surface area (Å²) in [6.07, 6.45) is 1.08. The lowest BCUT2D eigenvalue weighted by Gasteiger charge is -2.28. The Kier molecular flexibility index (Phi) is 2.63. The first-order valence-electron chi connectivity index (χ1n) is 6.57. The third kappa shape index (κ3) is 1.63. The molecule has 1 aliphatic heterocycles. The van der Waals surface area contributed by atoms with E-state index in [1.165, 1.54) is 0 Å². The summed E-state index contributed by atoms with van der Waals surface area (Å²) in [5.41, 5.74) is 2.53. The molecule has 0 spiro atoms. The van der Waals surface area contributed by atoms with Crippen molar-refractivity contribution in [2.75, 3.05) is 13.1 Å². The Morgan fingerprint density at radius 1 is 1.33 bits per heavy atom. The molecule has 18 heavy (non-hydrogen) atoms. The van der Waals surface area contributed by atoms with E-state index in [1.807, 2.05) is 19.1 Å². The number of nitrogens with zero attached hydrogens (tertiary/aromatic N) is 2. The summed E-state index contributed by atoms with van der Waals surface area (Å²) >= 11 is 0. The standard InChI is InChI=1S/C14H19N3O/c1-9(2)14(6-7-15-8-14)13-17-12-11(18-13)5-4-10(3)16-12/h4-5,9,15H,6-8H2,1-3H3. The Morgan fingerprint density at radius 2 is 2.17 bits per heavy atom. The van der Waals surface area contributed by atoms with Gasteiger partial charge in [0.15, 0.2) is 11.2 Å². The minimum atomic E-state index is 0.0224. The normalized spacial score (nSPS) is 24.2. The van der Waals surface area contributed by atoms with Crippen LogP contribution in [-0.2, 0) is 5.41 Å². The molecular weight excluding hydrogens is 226 g/mol. The van der Waals surface area contributed by atoms with Crippen molar-refractivity contribution in [3.8, 4) is 0 Å². The molecule has 4 nitrogen and oxygen atoms in total. The fourth-order valence-corrected chi connectivity index (χ4v) is 2.76. The van der Waals surface area contributed by atoms with Gasteiger partial charge < -0.3 is 9.73 Å². The molecule has 0 saturated carbocycles. The van der Waals surface area contributed by atoms with Crippen molar-refractivity contribution in [1.29, 1.82) is 0 Å². The van der Waals surface area contributed by atoms with E-state index in [2.05, 4.69) is 29.1 Å². The van der Waals surface area contributed by atoms with E-state index in [0.29, 0.717) is 5.92 Å². The second kappa shape index (κ2) is 4.05. The number of hydrogen-bond donors (Lipinski definition) is 1. The number of rotatable bonds is 2. The molecule has 1 N–H and O–H groups in total. The van der Waals surface area contributed by atoms with Gasteiger partial charge in [-0.25, -0.2) is 4.98 Å². The van der Waals surface area contributed by atoms with Crippen LogP contribution in [0.1, 0.15) is 31.9 Å². The van der Waals surface area contributed by atoms with Crippen LogP contribution >= 0.6 is 0 Å². The lowest BCUT2D eigenvalue weighted by molar-refractivity contribution is 0.269. The predicted octanol–water partition coefficient (Wildman–Crippen LogP) is 2.42. The van der Waals surface area contributed by atoms with Gasteiger partial charge in [0.2, 0.25) is 5.89 Å². The van der Waals surface area contributed by atoms with E-state index >= 15 is 0 Å². The molecule has 0 radical (unpaired) electrons. The monoisotopic (exact) mass is 245 g/mol. The van der Waals surface area contributed by atoms with E-state index in [0.717, 1.165) is 42.3 Å². The van der Waals surface area contributed by atoms with Crippen molar-refractivity contribution in [3.05, 3.63) is 23.7 Å². The first kappa shape index (κ1) is 11.7. The second-order valence-electron chi connectivity index (χ2n) is 5.53. The van der Waals surface area contributed by atoms with Gasteiger partial charge in [-0.3, -0.25) is 0 Å². The van der Waals surface area contributed by atoms with Gasteiger partial charge in [0.05, 0.1) is 5.41 Å². The van der Waals surface area contributed by atoms with Gasteiger partial charge in [0, 0.05) is 12.2 Å². The number of hydrogen-bond acceptors (Lipinski definition) is 4. The molecule has 3 heterocycles. The minimum absolute atomic E-state index is 0.0224. The summed E-state index contributed by atoms with van der Waals surface area (Å²) in [5.74, 6) is 1.34. The Balaban J connectivity index is 2.12. The highest BCUT2D eigenvalue weighted by Crippen LogP contribution is 2.38. The van der Waals surface area contributed by atoms with Gasteiger partial charge in [-0.05, 0) is 37.9 Å². The highest BCUT2D eigenvalue weighted by molar-refractivity contribution is 5.68. The fourth-order valence-electron chi connectivity index (χ4n) is 2.76. The van der Waals surface area contributed by atoms with Gasteiger partial charge in [-0.2, -0.15) is 4.98 Å². The number of aromatic nitrogens is 2. The molecule has 1 aliphatic rings. The number of aryl methyl sites for hydroxylation is 1. The van der Waals surface area contributed by atoms with E-state index in [9.17, 15) is 0 Å². The van der Waals surface area contributed by atoms with Crippen LogP contribution in [0.5, 0.6) is 0 Å². The summed E-state index contributed by atoms with van der Waals surface area (Å²) < 4.78 is 5.96. The lowest BCUT2D eigenvalue weighted by atomic mass is 9.76. The Labute approximate surface area is 107 Å². The molecule has 1 unspecified atom stereocenters. The van der Waals surface area contributed by atoms with Gasteiger partial charge in [0.25, 0.3) is 0 Å². The SMILES string of the molecule is Cc1ccc2oc(C3(C(C)C)CCNC3)nc2n1. The Hall–Kier alpha value is -1.42. The molecule has 96 valence electrons. The lowest BCUT2D eigenvalue weighted by Crippen LogP contribution is -2.35. The smallest absolute Gasteiger partial charge is 0.204 e. The Morgan fingerprint density at radius 3 is 2.83 bits per heavy atom. The number of fused-ring (bicyclic) bond motifs is 1. The van der Waals surface area contributed by atoms with Crippen molar-refractivity contribution < 1.29 is 4.42 Å². The summed E-state index contributed by atoms with van der Waals surface area (Å²) in [6.45, 7) is 8.42. The summed E-state index contributed by atoms with van der Waals surface area (Å²) in [4.78, 5) is 9.06. The Bertz CT molecular complexity index is 567. The average molecular weight is 245 g/mol. The zero-order valence-electron chi connectivity index (χ0n) is 11.2. The third-order valence-corrected chi connectivity index (χ3v) is 4.11. The third-order valence-electron chi connectivity index (χ3n) is 4.11. The molecule has 1 atom stereocenters. The quantitative estimate of drug-likeness (QED) is 0.882. The second-order valence-corrected chi connectivity index (χ2v) is 5.53. The van der Waals surface area contributed by atoms with E-state index in [1.54, 1.807) is 0 Å². The zero-order chi connectivity index (χ0) is 12.8. The molecule has 0 aromatic carbocycles. The molecule has 1 fully saturated rings. The molecule has 1 saturated heterocycles. The van der Waals surface area contributed by atoms with Crippen molar-refractivity contribution in [1.82, 2.24) is 15.3 Å². The molecular formula is C14H19N3O. The van der Waals surface area contributed by atoms with Crippen molar-refractivity contribution >= 4 is 11.2 Å². The van der Waals surface area contributed by atoms with Crippen molar-refractivity contribution in [2.24, 2.45) is 5.92 Å². The van der Waals surface area contributed by atoms with Crippen LogP contribution < -0.4 is 5.32 Å². The van der Waals surface area contributed by atoms with Crippen LogP contribution in [0.15, 0.2) is 16.5 Å². The van der Waals surface area contributed by atoms with Crippen molar-refractivity contribution in [3.63, 3.8) is 0 Å². The van der Waals surface area contributed by atoms with Crippen LogP contribution in [0.3, 0.4) is 0 Å². The highest BCUT2D eigenvalue weighted by atomic mass is 16.4. The largest absolute Gasteiger partial charge is 0.438 e. The van der Waals surface area contributed by atoms with E-state index in [-0.39, 0.29) is 5.41 Å². The predicted molar refractivity (Wildman–Crippen MR) is 70.5 cm³/mol. The average Bonchev–Trinajstić information content (AvgIpc) is 2.94. The highest BCUT2D eigenvalue weighted by Gasteiger charge is 2.43. The van der Waals surface area contributed by atoms with E-state index < -0.39 is 0 Å². The maximum atomic E-state index is 5.96. The number of oxazole rings is 1. The molecule has 0 aliphatic carbocycles. The molecule has 2 aromatic heterocycles. The van der Waals surface area contributed by atoms with Gasteiger partial charge in [-0.15, -0.1) is 0 Å². The maximum absolute atomic E-state index is 5.96. The van der Waals surface area contributed by atoms with Crippen molar-refractivity contribution in [2.45, 2.75) is 32.6 Å². The molecule has 2 aromatic rings. The topological polar surface area (TPSA) is 51.0 Å². The van der Waals surface area contributed by atoms with Crippen LogP contribution in [0.2, 0.25) is 0 Å². The van der Waals surface area contributed by atoms with Gasteiger partial charge in [0.1, 0.15) is 0 Å². The van der Waals surface area contributed by atoms with Gasteiger partial charge >= 0.3 is 0 Å². The van der Waals surface area contributed by atoms with Crippen LogP contribution in [0, 0.1) is 12.8 Å². The molecule has 4 heteroatoms. The molecule has 0 bridgehead atoms. The van der Waals surface area contributed by atoms with Crippen LogP contribution in [0.25, 0.3) is 11.2 Å². The first-order chi connectivity index (χ1) is 8.62. The molecule has 3 rings (SSSR count). The molecule has 0 amide bonds. The number of pyridine rings is 1. The van der Waals surface area contributed by atoms with E-state index in [4.69, 9.17) is 4.42 Å². The fraction of sp³-hybridized carbons (Fsp3) is 0.571. The number of nitrogens with one attached hydrogen (secondary N) is 1. The maximum Gasteiger partial charge on any atom is 0.204 e. The minimum Gasteiger partial charge on any atom is -0.438 e. The first-order valence-corrected chi connectivity index (χ1v) is 6.57. The van der Waals surface area contributed by atoms with Gasteiger partial charge in [-0.1, -0.05) is 13.8 Å². The summed E-state index contributed by atoms with van der Waals surface area (Å²) in [5, 5.41) is 3.43. The summed E-state index contributed by atoms with van der Waals surface area (Å²) in [6, 6.07) is 3.93.